The fraction of sp³-hybridized carbons (Fsp3) is 0.692. The molecule has 3 N–H and O–H groups in total. The van der Waals surface area contributed by atoms with E-state index in [0.717, 1.165) is 5.69 Å². The Morgan fingerprint density at radius 3 is 2.79 bits per heavy atom. The van der Waals surface area contributed by atoms with Crippen molar-refractivity contribution in [2.24, 2.45) is 5.41 Å². The van der Waals surface area contributed by atoms with Crippen LogP contribution in [-0.4, -0.2) is 40.0 Å². The third kappa shape index (κ3) is 5.30. The lowest BCUT2D eigenvalue weighted by Crippen LogP contribution is -2.31. The van der Waals surface area contributed by atoms with Crippen LogP contribution in [0, 0.1) is 5.41 Å². The molecule has 0 aliphatic rings. The summed E-state index contributed by atoms with van der Waals surface area (Å²) in [4.78, 5) is 11.5. The van der Waals surface area contributed by atoms with E-state index in [4.69, 9.17) is 5.11 Å². The Morgan fingerprint density at radius 1 is 1.53 bits per heavy atom. The van der Waals surface area contributed by atoms with E-state index >= 15 is 0 Å². The summed E-state index contributed by atoms with van der Waals surface area (Å²) in [6.45, 7) is 8.98. The molecule has 1 amide bonds. The molecule has 1 atom stereocenters. The lowest BCUT2D eigenvalue weighted by Gasteiger charge is -2.28. The van der Waals surface area contributed by atoms with Crippen molar-refractivity contribution in [2.75, 3.05) is 18.5 Å². The smallest absolute Gasteiger partial charge is 0.241 e. The largest absolute Gasteiger partial charge is 0.395 e. The highest BCUT2D eigenvalue weighted by Gasteiger charge is 2.20. The molecule has 0 spiro atoms. The van der Waals surface area contributed by atoms with Gasteiger partial charge in [-0.1, -0.05) is 20.8 Å². The van der Waals surface area contributed by atoms with Crippen molar-refractivity contribution in [3.05, 3.63) is 12.4 Å². The summed E-state index contributed by atoms with van der Waals surface area (Å²) in [5.41, 5.74) is 1.05. The molecule has 0 bridgehead atoms. The summed E-state index contributed by atoms with van der Waals surface area (Å²) in [7, 11) is 0. The SMILES string of the molecule is CC(Nc1cnn(CC(=O)NCCO)c1)C(C)(C)C. The maximum Gasteiger partial charge on any atom is 0.241 e. The van der Waals surface area contributed by atoms with Crippen LogP contribution in [0.3, 0.4) is 0 Å². The summed E-state index contributed by atoms with van der Waals surface area (Å²) < 4.78 is 1.57. The Labute approximate surface area is 114 Å². The number of aromatic nitrogens is 2. The number of hydrogen-bond acceptors (Lipinski definition) is 4. The van der Waals surface area contributed by atoms with E-state index < -0.39 is 0 Å². The van der Waals surface area contributed by atoms with Gasteiger partial charge in [-0.2, -0.15) is 5.10 Å². The molecule has 0 fully saturated rings. The minimum atomic E-state index is -0.160. The van der Waals surface area contributed by atoms with E-state index in [1.807, 2.05) is 0 Å². The highest BCUT2D eigenvalue weighted by atomic mass is 16.3. The molecule has 0 saturated heterocycles. The Morgan fingerprint density at radius 2 is 2.21 bits per heavy atom. The number of rotatable bonds is 6. The molecule has 0 aliphatic heterocycles. The standard InChI is InChI=1S/C13H24N4O2/c1-10(13(2,3)4)16-11-7-15-17(8-11)9-12(19)14-5-6-18/h7-8,10,16,18H,5-6,9H2,1-4H3,(H,14,19). The predicted molar refractivity (Wildman–Crippen MR) is 74.9 cm³/mol. The molecule has 0 saturated carbocycles. The molecular weight excluding hydrogens is 244 g/mol. The van der Waals surface area contributed by atoms with Crippen LogP contribution in [0.25, 0.3) is 0 Å². The van der Waals surface area contributed by atoms with Gasteiger partial charge in [0, 0.05) is 18.8 Å². The zero-order valence-corrected chi connectivity index (χ0v) is 12.1. The molecule has 108 valence electrons. The molecule has 0 aromatic carbocycles. The van der Waals surface area contributed by atoms with Gasteiger partial charge in [-0.25, -0.2) is 0 Å². The minimum absolute atomic E-state index is 0.0548. The number of aliphatic hydroxyl groups is 1. The van der Waals surface area contributed by atoms with Crippen molar-refractivity contribution < 1.29 is 9.90 Å². The first-order valence-electron chi connectivity index (χ1n) is 6.49. The van der Waals surface area contributed by atoms with Crippen molar-refractivity contribution in [3.8, 4) is 0 Å². The molecule has 6 nitrogen and oxygen atoms in total. The number of aliphatic hydroxyl groups excluding tert-OH is 1. The van der Waals surface area contributed by atoms with E-state index in [9.17, 15) is 4.79 Å². The normalized spacial score (nSPS) is 13.1. The predicted octanol–water partition coefficient (Wildman–Crippen LogP) is 0.838. The number of hydrogen-bond donors (Lipinski definition) is 3. The van der Waals surface area contributed by atoms with Crippen molar-refractivity contribution in [2.45, 2.75) is 40.3 Å². The maximum absolute atomic E-state index is 11.5. The fourth-order valence-corrected chi connectivity index (χ4v) is 1.39. The van der Waals surface area contributed by atoms with Crippen LogP contribution >= 0.6 is 0 Å². The van der Waals surface area contributed by atoms with Crippen molar-refractivity contribution in [3.63, 3.8) is 0 Å². The van der Waals surface area contributed by atoms with Gasteiger partial charge in [0.1, 0.15) is 6.54 Å². The lowest BCUT2D eigenvalue weighted by atomic mass is 9.88. The van der Waals surface area contributed by atoms with Crippen molar-refractivity contribution in [1.82, 2.24) is 15.1 Å². The number of nitrogens with zero attached hydrogens (tertiary/aromatic N) is 2. The van der Waals surface area contributed by atoms with E-state index in [-0.39, 0.29) is 31.0 Å². The van der Waals surface area contributed by atoms with Gasteiger partial charge in [0.15, 0.2) is 0 Å². The van der Waals surface area contributed by atoms with Crippen LogP contribution in [0.15, 0.2) is 12.4 Å². The van der Waals surface area contributed by atoms with Gasteiger partial charge in [0.05, 0.1) is 18.5 Å². The average Bonchev–Trinajstić information content (AvgIpc) is 2.72. The summed E-state index contributed by atoms with van der Waals surface area (Å²) in [5.74, 6) is -0.160. The third-order valence-corrected chi connectivity index (χ3v) is 3.06. The number of amides is 1. The quantitative estimate of drug-likeness (QED) is 0.714. The zero-order chi connectivity index (χ0) is 14.5. The van der Waals surface area contributed by atoms with Crippen LogP contribution in [0.1, 0.15) is 27.7 Å². The fourth-order valence-electron chi connectivity index (χ4n) is 1.39. The van der Waals surface area contributed by atoms with Crippen LogP contribution in [-0.2, 0) is 11.3 Å². The Bertz CT molecular complexity index is 409. The first-order valence-corrected chi connectivity index (χ1v) is 6.49. The van der Waals surface area contributed by atoms with Crippen LogP contribution < -0.4 is 10.6 Å². The second kappa shape index (κ2) is 6.56. The van der Waals surface area contributed by atoms with E-state index in [0.29, 0.717) is 6.04 Å². The van der Waals surface area contributed by atoms with Gasteiger partial charge in [-0.05, 0) is 12.3 Å². The first-order chi connectivity index (χ1) is 8.82. The van der Waals surface area contributed by atoms with Gasteiger partial charge in [-0.3, -0.25) is 9.48 Å². The zero-order valence-electron chi connectivity index (χ0n) is 12.1. The van der Waals surface area contributed by atoms with Crippen molar-refractivity contribution >= 4 is 11.6 Å². The number of nitrogens with one attached hydrogen (secondary N) is 2. The van der Waals surface area contributed by atoms with Crippen LogP contribution in [0.4, 0.5) is 5.69 Å². The molecule has 1 aromatic rings. The van der Waals surface area contributed by atoms with E-state index in [1.54, 1.807) is 17.1 Å². The molecule has 0 radical (unpaired) electrons. The van der Waals surface area contributed by atoms with Gasteiger partial charge >= 0.3 is 0 Å². The molecule has 0 aliphatic carbocycles. The summed E-state index contributed by atoms with van der Waals surface area (Å²) in [6.07, 6.45) is 3.52. The average molecular weight is 268 g/mol. The molecule has 19 heavy (non-hydrogen) atoms. The Hall–Kier alpha value is -1.56. The van der Waals surface area contributed by atoms with Gasteiger partial charge < -0.3 is 15.7 Å². The Kier molecular flexibility index (Phi) is 5.35. The highest BCUT2D eigenvalue weighted by molar-refractivity contribution is 5.75. The monoisotopic (exact) mass is 268 g/mol. The summed E-state index contributed by atoms with van der Waals surface area (Å²) >= 11 is 0. The second-order valence-corrected chi connectivity index (χ2v) is 5.73. The molecular formula is C13H24N4O2. The summed E-state index contributed by atoms with van der Waals surface area (Å²) in [5, 5.41) is 18.7. The van der Waals surface area contributed by atoms with Gasteiger partial charge in [0.2, 0.25) is 5.91 Å². The molecule has 6 heteroatoms. The lowest BCUT2D eigenvalue weighted by molar-refractivity contribution is -0.122. The van der Waals surface area contributed by atoms with E-state index in [2.05, 4.69) is 43.4 Å². The molecule has 1 unspecified atom stereocenters. The van der Waals surface area contributed by atoms with Crippen LogP contribution in [0.2, 0.25) is 0 Å². The minimum Gasteiger partial charge on any atom is -0.395 e. The van der Waals surface area contributed by atoms with Crippen LogP contribution in [0.5, 0.6) is 0 Å². The Balaban J connectivity index is 2.51. The first kappa shape index (κ1) is 15.5. The van der Waals surface area contributed by atoms with Crippen molar-refractivity contribution in [1.29, 1.82) is 0 Å². The number of carbonyl (C=O) groups is 1. The summed E-state index contributed by atoms with van der Waals surface area (Å²) in [6, 6.07) is 0.299. The van der Waals surface area contributed by atoms with Gasteiger partial charge in [0.25, 0.3) is 0 Å². The maximum atomic E-state index is 11.5. The topological polar surface area (TPSA) is 79.2 Å². The molecule has 1 heterocycles. The highest BCUT2D eigenvalue weighted by Crippen LogP contribution is 2.22. The van der Waals surface area contributed by atoms with E-state index in [1.165, 1.54) is 0 Å². The molecule has 1 aromatic heterocycles. The molecule has 1 rings (SSSR count). The third-order valence-electron chi connectivity index (χ3n) is 3.06. The number of carbonyl (C=O) groups excluding carboxylic acids is 1. The second-order valence-electron chi connectivity index (χ2n) is 5.73. The van der Waals surface area contributed by atoms with Gasteiger partial charge in [-0.15, -0.1) is 0 Å². The number of anilines is 1.